The normalized spacial score (nSPS) is 21.1. The van der Waals surface area contributed by atoms with Crippen LogP contribution < -0.4 is 10.2 Å². The number of rotatable bonds is 1. The van der Waals surface area contributed by atoms with Crippen LogP contribution in [-0.2, 0) is 4.79 Å². The van der Waals surface area contributed by atoms with Crippen molar-refractivity contribution in [1.29, 1.82) is 5.26 Å². The van der Waals surface area contributed by atoms with Crippen molar-refractivity contribution in [2.75, 3.05) is 29.1 Å². The summed E-state index contributed by atoms with van der Waals surface area (Å²) in [5.41, 5.74) is 2.15. The predicted octanol–water partition coefficient (Wildman–Crippen LogP) is 1.49. The fraction of sp³-hybridized carbons (Fsp3) is 0.333. The molecule has 1 aromatic rings. The van der Waals surface area contributed by atoms with E-state index in [2.05, 4.69) is 16.3 Å². The van der Waals surface area contributed by atoms with Gasteiger partial charge in [0.25, 0.3) is 5.78 Å². The number of hydrogen-bond acceptors (Lipinski definition) is 5. The molecule has 0 fully saturated rings. The van der Waals surface area contributed by atoms with Crippen LogP contribution in [-0.4, -0.2) is 30.7 Å². The largest absolute Gasteiger partial charge is 0.382 e. The second-order valence-electron chi connectivity index (χ2n) is 4.08. The van der Waals surface area contributed by atoms with Crippen LogP contribution in [0.3, 0.4) is 0 Å². The third kappa shape index (κ3) is 1.56. The summed E-state index contributed by atoms with van der Waals surface area (Å²) in [7, 11) is 0. The van der Waals surface area contributed by atoms with Crippen LogP contribution in [0.5, 0.6) is 0 Å². The highest BCUT2D eigenvalue weighted by Gasteiger charge is 2.34. The topological polar surface area (TPSA) is 56.1 Å². The summed E-state index contributed by atoms with van der Waals surface area (Å²) >= 11 is 1.65. The molecule has 2 aliphatic heterocycles. The third-order valence-corrected chi connectivity index (χ3v) is 4.26. The van der Waals surface area contributed by atoms with Gasteiger partial charge < -0.3 is 10.2 Å². The van der Waals surface area contributed by atoms with Crippen LogP contribution in [0.1, 0.15) is 0 Å². The van der Waals surface area contributed by atoms with Gasteiger partial charge in [-0.25, -0.2) is 0 Å². The average molecular weight is 245 g/mol. The number of nitriles is 1. The number of Topliss-reactive ketones (excluding diaryl/α,β-unsaturated/α-hetero) is 1. The highest BCUT2D eigenvalue weighted by molar-refractivity contribution is 7.99. The van der Waals surface area contributed by atoms with Crippen LogP contribution in [0.2, 0.25) is 0 Å². The van der Waals surface area contributed by atoms with Crippen molar-refractivity contribution in [3.63, 3.8) is 0 Å². The summed E-state index contributed by atoms with van der Waals surface area (Å²) in [5.74, 6) is 0.336. The lowest BCUT2D eigenvalue weighted by molar-refractivity contribution is -0.114. The number of nitrogens with one attached hydrogen (secondary N) is 1. The monoisotopic (exact) mass is 245 g/mol. The molecule has 17 heavy (non-hydrogen) atoms. The zero-order chi connectivity index (χ0) is 11.8. The molecule has 2 heterocycles. The molecule has 0 spiro atoms. The number of carbonyl (C=O) groups excluding carboxylic acids is 1. The van der Waals surface area contributed by atoms with E-state index in [1.54, 1.807) is 17.8 Å². The molecule has 3 rings (SSSR count). The van der Waals surface area contributed by atoms with E-state index in [1.807, 2.05) is 12.1 Å². The van der Waals surface area contributed by atoms with Crippen LogP contribution >= 0.6 is 11.8 Å². The molecule has 1 unspecified atom stereocenters. The quantitative estimate of drug-likeness (QED) is 0.760. The van der Waals surface area contributed by atoms with E-state index in [0.29, 0.717) is 5.75 Å². The molecule has 4 nitrogen and oxygen atoms in total. The molecule has 1 atom stereocenters. The van der Waals surface area contributed by atoms with Gasteiger partial charge in [0.15, 0.2) is 0 Å². The van der Waals surface area contributed by atoms with Gasteiger partial charge in [-0.1, -0.05) is 6.07 Å². The molecule has 0 saturated carbocycles. The minimum absolute atomic E-state index is 0.291. The predicted molar refractivity (Wildman–Crippen MR) is 67.4 cm³/mol. The van der Waals surface area contributed by atoms with Gasteiger partial charge in [-0.2, -0.15) is 5.26 Å². The highest BCUT2D eigenvalue weighted by atomic mass is 32.2. The Hall–Kier alpha value is -1.67. The molecule has 1 N–H and O–H groups in total. The van der Waals surface area contributed by atoms with E-state index in [-0.39, 0.29) is 11.8 Å². The molecule has 0 aliphatic carbocycles. The molecule has 0 radical (unpaired) electrons. The van der Waals surface area contributed by atoms with Gasteiger partial charge in [0, 0.05) is 23.7 Å². The number of benzene rings is 1. The lowest BCUT2D eigenvalue weighted by Crippen LogP contribution is -2.49. The van der Waals surface area contributed by atoms with E-state index in [4.69, 9.17) is 5.26 Å². The summed E-state index contributed by atoms with van der Waals surface area (Å²) in [6.45, 7) is 1.60. The SMILES string of the molecule is N#CC(=O)C1CSc2cccc3c2N1CCN3. The zero-order valence-electron chi connectivity index (χ0n) is 9.14. The first kappa shape index (κ1) is 10.5. The summed E-state index contributed by atoms with van der Waals surface area (Å²) in [4.78, 5) is 14.9. The molecule has 86 valence electrons. The van der Waals surface area contributed by atoms with E-state index in [9.17, 15) is 4.79 Å². The fourth-order valence-corrected chi connectivity index (χ4v) is 3.57. The van der Waals surface area contributed by atoms with Crippen molar-refractivity contribution < 1.29 is 4.79 Å². The maximum atomic E-state index is 11.6. The molecule has 0 aromatic heterocycles. The van der Waals surface area contributed by atoms with Crippen LogP contribution in [0.25, 0.3) is 0 Å². The molecular formula is C12H11N3OS. The number of hydrogen-bond donors (Lipinski definition) is 1. The van der Waals surface area contributed by atoms with E-state index in [0.717, 1.165) is 24.5 Å². The minimum atomic E-state index is -0.333. The number of ketones is 1. The van der Waals surface area contributed by atoms with Crippen LogP contribution in [0.15, 0.2) is 23.1 Å². The molecular weight excluding hydrogens is 234 g/mol. The Balaban J connectivity index is 2.08. The third-order valence-electron chi connectivity index (χ3n) is 3.14. The van der Waals surface area contributed by atoms with E-state index < -0.39 is 0 Å². The van der Waals surface area contributed by atoms with Crippen LogP contribution in [0.4, 0.5) is 11.4 Å². The van der Waals surface area contributed by atoms with E-state index in [1.165, 1.54) is 4.90 Å². The van der Waals surface area contributed by atoms with Gasteiger partial charge in [-0.3, -0.25) is 4.79 Å². The summed E-state index contributed by atoms with van der Waals surface area (Å²) in [5, 5.41) is 12.1. The molecule has 0 saturated heterocycles. The number of carbonyl (C=O) groups is 1. The van der Waals surface area contributed by atoms with Gasteiger partial charge >= 0.3 is 0 Å². The van der Waals surface area contributed by atoms with Gasteiger partial charge in [0.1, 0.15) is 12.1 Å². The van der Waals surface area contributed by atoms with Crippen LogP contribution in [0, 0.1) is 11.3 Å². The first-order valence-electron chi connectivity index (χ1n) is 5.51. The first-order chi connectivity index (χ1) is 8.31. The Labute approximate surface area is 104 Å². The molecule has 2 aliphatic rings. The Kier molecular flexibility index (Phi) is 2.45. The molecule has 0 bridgehead atoms. The number of nitrogens with zero attached hydrogens (tertiary/aromatic N) is 2. The maximum absolute atomic E-state index is 11.6. The lowest BCUT2D eigenvalue weighted by Gasteiger charge is -2.40. The fourth-order valence-electron chi connectivity index (χ4n) is 2.36. The number of para-hydroxylation sites is 1. The maximum Gasteiger partial charge on any atom is 0.255 e. The van der Waals surface area contributed by atoms with Crippen molar-refractivity contribution >= 4 is 28.9 Å². The van der Waals surface area contributed by atoms with Crippen molar-refractivity contribution in [3.8, 4) is 6.07 Å². The standard InChI is InChI=1S/C12H11N3OS/c13-6-10(16)9-7-17-11-3-1-2-8-12(11)15(9)5-4-14-8/h1-3,9,14H,4-5,7H2. The first-order valence-corrected chi connectivity index (χ1v) is 6.50. The second kappa shape index (κ2) is 3.97. The van der Waals surface area contributed by atoms with Crippen molar-refractivity contribution in [2.24, 2.45) is 0 Å². The minimum Gasteiger partial charge on any atom is -0.382 e. The van der Waals surface area contributed by atoms with Crippen molar-refractivity contribution in [3.05, 3.63) is 18.2 Å². The molecule has 1 aromatic carbocycles. The van der Waals surface area contributed by atoms with Crippen molar-refractivity contribution in [2.45, 2.75) is 10.9 Å². The smallest absolute Gasteiger partial charge is 0.255 e. The zero-order valence-corrected chi connectivity index (χ0v) is 9.96. The number of anilines is 2. The Morgan fingerprint density at radius 3 is 3.29 bits per heavy atom. The Bertz CT molecular complexity index is 509. The van der Waals surface area contributed by atoms with E-state index >= 15 is 0 Å². The van der Waals surface area contributed by atoms with Gasteiger partial charge in [-0.15, -0.1) is 11.8 Å². The highest BCUT2D eigenvalue weighted by Crippen LogP contribution is 2.43. The molecule has 0 amide bonds. The summed E-state index contributed by atoms with van der Waals surface area (Å²) < 4.78 is 0. The number of thioether (sulfide) groups is 1. The Morgan fingerprint density at radius 1 is 1.59 bits per heavy atom. The average Bonchev–Trinajstić information content (AvgIpc) is 2.39. The van der Waals surface area contributed by atoms with Gasteiger partial charge in [-0.05, 0) is 12.1 Å². The summed E-state index contributed by atoms with van der Waals surface area (Å²) in [6.07, 6.45) is 0. The van der Waals surface area contributed by atoms with Gasteiger partial charge in [0.2, 0.25) is 0 Å². The molecule has 5 heteroatoms. The second-order valence-corrected chi connectivity index (χ2v) is 5.14. The van der Waals surface area contributed by atoms with Crippen molar-refractivity contribution in [1.82, 2.24) is 0 Å². The Morgan fingerprint density at radius 2 is 2.47 bits per heavy atom. The lowest BCUT2D eigenvalue weighted by atomic mass is 10.1. The summed E-state index contributed by atoms with van der Waals surface area (Å²) in [6, 6.07) is 7.57. The van der Waals surface area contributed by atoms with Gasteiger partial charge in [0.05, 0.1) is 11.4 Å².